The number of nitrogens with one attached hydrogen (secondary N) is 1. The molecular weight excluding hydrogens is 268 g/mol. The summed E-state index contributed by atoms with van der Waals surface area (Å²) in [7, 11) is 0. The van der Waals surface area contributed by atoms with Crippen LogP contribution in [0.2, 0.25) is 0 Å². The van der Waals surface area contributed by atoms with Crippen LogP contribution in [-0.4, -0.2) is 47.6 Å². The van der Waals surface area contributed by atoms with Crippen LogP contribution in [0.15, 0.2) is 18.3 Å². The van der Waals surface area contributed by atoms with Gasteiger partial charge in [0.1, 0.15) is 6.04 Å². The lowest BCUT2D eigenvalue weighted by atomic mass is 10.1. The molecule has 1 aliphatic heterocycles. The Kier molecular flexibility index (Phi) is 4.48. The highest BCUT2D eigenvalue weighted by molar-refractivity contribution is 5.82. The van der Waals surface area contributed by atoms with Crippen LogP contribution in [-0.2, 0) is 22.6 Å². The van der Waals surface area contributed by atoms with E-state index in [2.05, 4.69) is 15.2 Å². The topological polar surface area (TPSA) is 80.5 Å². The molecule has 0 spiro atoms. The van der Waals surface area contributed by atoms with Crippen molar-refractivity contribution in [2.75, 3.05) is 19.8 Å². The minimum atomic E-state index is -0.217. The number of amides is 1. The molecule has 2 fully saturated rings. The van der Waals surface area contributed by atoms with Gasteiger partial charge in [-0.2, -0.15) is 0 Å². The fourth-order valence-corrected chi connectivity index (χ4v) is 2.61. The van der Waals surface area contributed by atoms with Crippen molar-refractivity contribution < 1.29 is 9.53 Å². The number of rotatable bonds is 5. The summed E-state index contributed by atoms with van der Waals surface area (Å²) < 4.78 is 5.49. The van der Waals surface area contributed by atoms with E-state index in [1.807, 2.05) is 12.1 Å². The van der Waals surface area contributed by atoms with Crippen LogP contribution in [0, 0.1) is 0 Å². The van der Waals surface area contributed by atoms with E-state index in [9.17, 15) is 4.79 Å². The van der Waals surface area contributed by atoms with Crippen LogP contribution < -0.4 is 11.1 Å². The number of carbonyl (C=O) groups is 1. The molecule has 2 heterocycles. The quantitative estimate of drug-likeness (QED) is 0.799. The van der Waals surface area contributed by atoms with Crippen molar-refractivity contribution in [3.05, 3.63) is 29.6 Å². The highest BCUT2D eigenvalue weighted by Gasteiger charge is 2.33. The largest absolute Gasteiger partial charge is 0.378 e. The van der Waals surface area contributed by atoms with Crippen LogP contribution in [0.25, 0.3) is 0 Å². The normalized spacial score (nSPS) is 23.0. The van der Waals surface area contributed by atoms with Crippen molar-refractivity contribution in [2.24, 2.45) is 5.73 Å². The SMILES string of the molecule is NCc1ncccc1CN1CCOCC1C(=O)NC1CC1. The van der Waals surface area contributed by atoms with Gasteiger partial charge in [-0.3, -0.25) is 14.7 Å². The molecule has 0 aromatic carbocycles. The van der Waals surface area contributed by atoms with Gasteiger partial charge < -0.3 is 15.8 Å². The van der Waals surface area contributed by atoms with E-state index >= 15 is 0 Å². The Morgan fingerprint density at radius 3 is 3.14 bits per heavy atom. The van der Waals surface area contributed by atoms with Crippen LogP contribution in [0.1, 0.15) is 24.1 Å². The van der Waals surface area contributed by atoms with Gasteiger partial charge in [0.2, 0.25) is 5.91 Å². The number of morpholine rings is 1. The van der Waals surface area contributed by atoms with E-state index in [1.54, 1.807) is 6.20 Å². The van der Waals surface area contributed by atoms with Crippen LogP contribution >= 0.6 is 0 Å². The first kappa shape index (κ1) is 14.4. The Hall–Kier alpha value is -1.50. The van der Waals surface area contributed by atoms with Gasteiger partial charge in [-0.15, -0.1) is 0 Å². The second-order valence-corrected chi connectivity index (χ2v) is 5.66. The maximum atomic E-state index is 12.3. The van der Waals surface area contributed by atoms with Crippen molar-refractivity contribution in [3.63, 3.8) is 0 Å². The Morgan fingerprint density at radius 1 is 1.52 bits per heavy atom. The van der Waals surface area contributed by atoms with Gasteiger partial charge in [-0.25, -0.2) is 0 Å². The average Bonchev–Trinajstić information content (AvgIpc) is 3.32. The summed E-state index contributed by atoms with van der Waals surface area (Å²) in [5.41, 5.74) is 7.72. The maximum Gasteiger partial charge on any atom is 0.239 e. The third-order valence-corrected chi connectivity index (χ3v) is 4.02. The van der Waals surface area contributed by atoms with E-state index in [-0.39, 0.29) is 11.9 Å². The summed E-state index contributed by atoms with van der Waals surface area (Å²) in [4.78, 5) is 18.8. The van der Waals surface area contributed by atoms with Gasteiger partial charge >= 0.3 is 0 Å². The summed E-state index contributed by atoms with van der Waals surface area (Å²) in [6, 6.07) is 4.10. The monoisotopic (exact) mass is 290 g/mol. The number of nitrogens with zero attached hydrogens (tertiary/aromatic N) is 2. The minimum Gasteiger partial charge on any atom is -0.378 e. The Morgan fingerprint density at radius 2 is 2.38 bits per heavy atom. The van der Waals surface area contributed by atoms with Gasteiger partial charge in [0, 0.05) is 31.9 Å². The molecule has 1 amide bonds. The van der Waals surface area contributed by atoms with E-state index in [0.717, 1.165) is 30.6 Å². The van der Waals surface area contributed by atoms with E-state index in [1.165, 1.54) is 0 Å². The van der Waals surface area contributed by atoms with Gasteiger partial charge in [0.05, 0.1) is 18.9 Å². The summed E-state index contributed by atoms with van der Waals surface area (Å²) in [6.07, 6.45) is 3.95. The molecule has 114 valence electrons. The number of aromatic nitrogens is 1. The third kappa shape index (κ3) is 3.58. The number of nitrogens with two attached hydrogens (primary N) is 1. The van der Waals surface area contributed by atoms with Crippen LogP contribution in [0.4, 0.5) is 0 Å². The zero-order valence-electron chi connectivity index (χ0n) is 12.1. The fraction of sp³-hybridized carbons (Fsp3) is 0.600. The molecule has 1 saturated carbocycles. The van der Waals surface area contributed by atoms with Crippen LogP contribution in [0.5, 0.6) is 0 Å². The molecule has 6 nitrogen and oxygen atoms in total. The molecule has 21 heavy (non-hydrogen) atoms. The first-order chi connectivity index (χ1) is 10.3. The van der Waals surface area contributed by atoms with Crippen molar-refractivity contribution in [1.29, 1.82) is 0 Å². The first-order valence-corrected chi connectivity index (χ1v) is 7.53. The second-order valence-electron chi connectivity index (χ2n) is 5.66. The van der Waals surface area contributed by atoms with E-state index in [0.29, 0.717) is 32.3 Å². The molecule has 3 N–H and O–H groups in total. The molecule has 1 unspecified atom stereocenters. The molecule has 0 bridgehead atoms. The maximum absolute atomic E-state index is 12.3. The average molecular weight is 290 g/mol. The molecule has 2 aliphatic rings. The molecule has 1 aromatic heterocycles. The molecule has 1 saturated heterocycles. The number of pyridine rings is 1. The molecule has 1 atom stereocenters. The molecule has 3 rings (SSSR count). The smallest absolute Gasteiger partial charge is 0.239 e. The third-order valence-electron chi connectivity index (χ3n) is 4.02. The Bertz CT molecular complexity index is 504. The minimum absolute atomic E-state index is 0.0791. The zero-order chi connectivity index (χ0) is 14.7. The molecule has 6 heteroatoms. The van der Waals surface area contributed by atoms with Crippen molar-refractivity contribution in [1.82, 2.24) is 15.2 Å². The highest BCUT2D eigenvalue weighted by Crippen LogP contribution is 2.20. The Balaban J connectivity index is 1.69. The van der Waals surface area contributed by atoms with Gasteiger partial charge in [-0.1, -0.05) is 6.07 Å². The lowest BCUT2D eigenvalue weighted by molar-refractivity contribution is -0.133. The molecule has 1 aromatic rings. The van der Waals surface area contributed by atoms with Crippen molar-refractivity contribution in [2.45, 2.75) is 38.0 Å². The standard InChI is InChI=1S/C15H22N4O2/c16-8-13-11(2-1-5-17-13)9-19-6-7-21-10-14(19)15(20)18-12-3-4-12/h1-2,5,12,14H,3-4,6-10,16H2,(H,18,20). The van der Waals surface area contributed by atoms with E-state index in [4.69, 9.17) is 10.5 Å². The highest BCUT2D eigenvalue weighted by atomic mass is 16.5. The first-order valence-electron chi connectivity index (χ1n) is 7.53. The van der Waals surface area contributed by atoms with Crippen molar-refractivity contribution in [3.8, 4) is 0 Å². The second kappa shape index (κ2) is 6.51. The molecular formula is C15H22N4O2. The van der Waals surface area contributed by atoms with E-state index < -0.39 is 0 Å². The number of carbonyl (C=O) groups excluding carboxylic acids is 1. The lowest BCUT2D eigenvalue weighted by Gasteiger charge is -2.34. The summed E-state index contributed by atoms with van der Waals surface area (Å²) in [5, 5.41) is 3.07. The summed E-state index contributed by atoms with van der Waals surface area (Å²) in [5.74, 6) is 0.0791. The zero-order valence-corrected chi connectivity index (χ0v) is 12.1. The van der Waals surface area contributed by atoms with Gasteiger partial charge in [-0.05, 0) is 24.5 Å². The number of ether oxygens (including phenoxy) is 1. The predicted octanol–water partition coefficient (Wildman–Crippen LogP) is 0.0197. The Labute approximate surface area is 124 Å². The molecule has 0 radical (unpaired) electrons. The predicted molar refractivity (Wildman–Crippen MR) is 78.3 cm³/mol. The summed E-state index contributed by atoms with van der Waals surface area (Å²) in [6.45, 7) is 2.97. The number of hydrogen-bond donors (Lipinski definition) is 2. The van der Waals surface area contributed by atoms with Crippen molar-refractivity contribution >= 4 is 5.91 Å². The summed E-state index contributed by atoms with van der Waals surface area (Å²) >= 11 is 0. The number of hydrogen-bond acceptors (Lipinski definition) is 5. The lowest BCUT2D eigenvalue weighted by Crippen LogP contribution is -2.53. The van der Waals surface area contributed by atoms with Gasteiger partial charge in [0.25, 0.3) is 0 Å². The van der Waals surface area contributed by atoms with Crippen LogP contribution in [0.3, 0.4) is 0 Å². The fourth-order valence-electron chi connectivity index (χ4n) is 2.61. The van der Waals surface area contributed by atoms with Gasteiger partial charge in [0.15, 0.2) is 0 Å². The molecule has 1 aliphatic carbocycles.